The number of fused-ring (bicyclic) bond motifs is 1. The predicted molar refractivity (Wildman–Crippen MR) is 103 cm³/mol. The van der Waals surface area contributed by atoms with Crippen LogP contribution in [-0.2, 0) is 9.59 Å². The number of benzene rings is 1. The van der Waals surface area contributed by atoms with Crippen LogP contribution in [0.2, 0.25) is 0 Å². The van der Waals surface area contributed by atoms with Gasteiger partial charge in [0, 0.05) is 38.4 Å². The summed E-state index contributed by atoms with van der Waals surface area (Å²) in [5, 5.41) is 10.9. The first-order valence-corrected chi connectivity index (χ1v) is 8.99. The Morgan fingerprint density at radius 2 is 2.11 bits per heavy atom. The summed E-state index contributed by atoms with van der Waals surface area (Å²) in [6.45, 7) is 4.01. The van der Waals surface area contributed by atoms with E-state index in [0.29, 0.717) is 49.4 Å². The molecule has 0 radical (unpaired) electrons. The maximum absolute atomic E-state index is 12.6. The van der Waals surface area contributed by atoms with Gasteiger partial charge in [0.2, 0.25) is 11.8 Å². The summed E-state index contributed by atoms with van der Waals surface area (Å²) < 4.78 is 5.79. The summed E-state index contributed by atoms with van der Waals surface area (Å²) in [4.78, 5) is 26.5. The average molecular weight is 368 g/mol. The minimum atomic E-state index is -0.610. The monoisotopic (exact) mass is 368 g/mol. The number of ether oxygens (including phenoxy) is 1. The molecule has 2 amide bonds. The van der Waals surface area contributed by atoms with E-state index in [1.165, 1.54) is 0 Å². The summed E-state index contributed by atoms with van der Waals surface area (Å²) in [6.07, 6.45) is 7.39. The summed E-state index contributed by atoms with van der Waals surface area (Å²) in [5.74, 6) is 3.04. The third-order valence-corrected chi connectivity index (χ3v) is 4.88. The molecule has 0 aromatic heterocycles. The van der Waals surface area contributed by atoms with E-state index in [1.54, 1.807) is 30.1 Å². The predicted octanol–water partition coefficient (Wildman–Crippen LogP) is 3.36. The van der Waals surface area contributed by atoms with E-state index in [0.717, 1.165) is 0 Å². The van der Waals surface area contributed by atoms with Gasteiger partial charge in [-0.3, -0.25) is 9.59 Å². The van der Waals surface area contributed by atoms with Crippen LogP contribution in [0.3, 0.4) is 0 Å². The Morgan fingerprint density at radius 3 is 2.78 bits per heavy atom. The highest BCUT2D eigenvalue weighted by Crippen LogP contribution is 2.39. The summed E-state index contributed by atoms with van der Waals surface area (Å²) in [6, 6.07) is 5.30. The molecule has 0 spiro atoms. The first kappa shape index (κ1) is 18.9. The van der Waals surface area contributed by atoms with Crippen LogP contribution in [0.5, 0.6) is 5.75 Å². The van der Waals surface area contributed by atoms with Gasteiger partial charge < -0.3 is 15.0 Å². The number of nitrogens with zero attached hydrogens (tertiary/aromatic N) is 3. The molecule has 0 saturated heterocycles. The third kappa shape index (κ3) is 4.11. The minimum Gasteiger partial charge on any atom is -0.490 e. The molecule has 0 aliphatic carbocycles. The Morgan fingerprint density at radius 1 is 1.37 bits per heavy atom. The van der Waals surface area contributed by atoms with E-state index in [4.69, 9.17) is 11.2 Å². The van der Waals surface area contributed by atoms with Crippen LogP contribution in [-0.4, -0.2) is 31.1 Å². The molecule has 2 aliphatic heterocycles. The van der Waals surface area contributed by atoms with Crippen molar-refractivity contribution >= 4 is 23.2 Å². The second-order valence-electron chi connectivity index (χ2n) is 7.65. The van der Waals surface area contributed by atoms with Gasteiger partial charge in [-0.15, -0.1) is 12.3 Å². The normalized spacial score (nSPS) is 18.7. The van der Waals surface area contributed by atoms with E-state index in [-0.39, 0.29) is 11.8 Å². The Labute approximate surface area is 159 Å². The van der Waals surface area contributed by atoms with Crippen molar-refractivity contribution in [3.05, 3.63) is 18.2 Å². The molecular weight excluding hydrogens is 344 g/mol. The van der Waals surface area contributed by atoms with Crippen LogP contribution in [0.25, 0.3) is 0 Å². The topological polar surface area (TPSA) is 83.4 Å². The van der Waals surface area contributed by atoms with E-state index < -0.39 is 11.1 Å². The Kier molecular flexibility index (Phi) is 4.92. The van der Waals surface area contributed by atoms with Crippen molar-refractivity contribution < 1.29 is 14.3 Å². The number of carbonyl (C=O) groups is 2. The molecule has 1 aromatic rings. The van der Waals surface area contributed by atoms with Gasteiger partial charge in [0.1, 0.15) is 12.4 Å². The molecule has 0 atom stereocenters. The van der Waals surface area contributed by atoms with Crippen LogP contribution in [0, 0.1) is 17.8 Å². The third-order valence-electron chi connectivity index (χ3n) is 4.88. The summed E-state index contributed by atoms with van der Waals surface area (Å²) in [7, 11) is 1.72. The zero-order valence-electron chi connectivity index (χ0n) is 15.9. The van der Waals surface area contributed by atoms with Crippen molar-refractivity contribution in [2.45, 2.75) is 45.2 Å². The first-order valence-electron chi connectivity index (χ1n) is 8.99. The van der Waals surface area contributed by atoms with E-state index in [9.17, 15) is 9.59 Å². The molecule has 2 heterocycles. The smallest absolute Gasteiger partial charge is 0.235 e. The molecule has 142 valence electrons. The number of amides is 2. The zero-order chi connectivity index (χ0) is 19.7. The minimum absolute atomic E-state index is 0.0304. The van der Waals surface area contributed by atoms with Crippen molar-refractivity contribution in [3.63, 3.8) is 0 Å². The maximum atomic E-state index is 12.6. The molecule has 0 unspecified atom stereocenters. The second-order valence-corrected chi connectivity index (χ2v) is 7.65. The van der Waals surface area contributed by atoms with Gasteiger partial charge in [0.15, 0.2) is 5.66 Å². The van der Waals surface area contributed by atoms with E-state index >= 15 is 0 Å². The van der Waals surface area contributed by atoms with Crippen LogP contribution >= 0.6 is 0 Å². The van der Waals surface area contributed by atoms with Gasteiger partial charge >= 0.3 is 0 Å². The van der Waals surface area contributed by atoms with E-state index in [2.05, 4.69) is 21.5 Å². The number of terminal acetylenes is 1. The SMILES string of the molecule is C#CCCC1(CCC(=O)Nc2ccc3c(c2)N(C)C(=O)C(C)(C)CO3)N=N1. The van der Waals surface area contributed by atoms with Gasteiger partial charge in [0.05, 0.1) is 11.1 Å². The summed E-state index contributed by atoms with van der Waals surface area (Å²) >= 11 is 0. The Balaban J connectivity index is 1.64. The number of carbonyl (C=O) groups excluding carboxylic acids is 2. The average Bonchev–Trinajstić information content (AvgIpc) is 3.43. The van der Waals surface area contributed by atoms with Crippen LogP contribution in [0.15, 0.2) is 28.4 Å². The Hall–Kier alpha value is -2.88. The highest BCUT2D eigenvalue weighted by Gasteiger charge is 2.39. The van der Waals surface area contributed by atoms with Crippen molar-refractivity contribution in [2.75, 3.05) is 23.9 Å². The number of hydrogen-bond donors (Lipinski definition) is 1. The van der Waals surface area contributed by atoms with Gasteiger partial charge in [-0.25, -0.2) is 0 Å². The molecule has 7 nitrogen and oxygen atoms in total. The molecule has 3 rings (SSSR count). The molecule has 0 fully saturated rings. The molecule has 0 bridgehead atoms. The van der Waals surface area contributed by atoms with Crippen molar-refractivity contribution in [1.29, 1.82) is 0 Å². The fraction of sp³-hybridized carbons (Fsp3) is 0.500. The molecule has 1 N–H and O–H groups in total. The lowest BCUT2D eigenvalue weighted by atomic mass is 9.93. The van der Waals surface area contributed by atoms with Crippen LogP contribution < -0.4 is 15.0 Å². The lowest BCUT2D eigenvalue weighted by molar-refractivity contribution is -0.127. The quantitative estimate of drug-likeness (QED) is 0.782. The fourth-order valence-electron chi connectivity index (χ4n) is 3.07. The largest absolute Gasteiger partial charge is 0.490 e. The number of nitrogens with one attached hydrogen (secondary N) is 1. The highest BCUT2D eigenvalue weighted by atomic mass is 16.5. The lowest BCUT2D eigenvalue weighted by Gasteiger charge is -2.24. The lowest BCUT2D eigenvalue weighted by Crippen LogP contribution is -2.39. The second kappa shape index (κ2) is 7.03. The maximum Gasteiger partial charge on any atom is 0.235 e. The van der Waals surface area contributed by atoms with Crippen molar-refractivity contribution in [2.24, 2.45) is 15.6 Å². The molecule has 1 aromatic carbocycles. The molecule has 27 heavy (non-hydrogen) atoms. The summed E-state index contributed by atoms with van der Waals surface area (Å²) in [5.41, 5.74) is 0.176. The zero-order valence-corrected chi connectivity index (χ0v) is 15.9. The van der Waals surface area contributed by atoms with Gasteiger partial charge in [-0.1, -0.05) is 0 Å². The van der Waals surface area contributed by atoms with Gasteiger partial charge in [-0.05, 0) is 32.0 Å². The highest BCUT2D eigenvalue weighted by molar-refractivity contribution is 6.00. The first-order chi connectivity index (χ1) is 12.8. The van der Waals surface area contributed by atoms with Gasteiger partial charge in [0.25, 0.3) is 0 Å². The fourth-order valence-corrected chi connectivity index (χ4v) is 3.07. The number of anilines is 2. The molecule has 2 aliphatic rings. The van der Waals surface area contributed by atoms with Crippen LogP contribution in [0.1, 0.15) is 39.5 Å². The van der Waals surface area contributed by atoms with Crippen molar-refractivity contribution in [3.8, 4) is 18.1 Å². The standard InChI is InChI=1S/C20H24N4O3/c1-5-6-10-20(22-23-20)11-9-17(25)21-14-7-8-16-15(12-14)24(4)18(26)19(2,3)13-27-16/h1,7-8,12H,6,9-11,13H2,2-4H3,(H,21,25). The van der Waals surface area contributed by atoms with Crippen molar-refractivity contribution in [1.82, 2.24) is 0 Å². The van der Waals surface area contributed by atoms with Crippen LogP contribution in [0.4, 0.5) is 11.4 Å². The van der Waals surface area contributed by atoms with Gasteiger partial charge in [-0.2, -0.15) is 10.2 Å². The Bertz CT molecular complexity index is 832. The van der Waals surface area contributed by atoms with E-state index in [1.807, 2.05) is 13.8 Å². The molecular formula is C20H24N4O3. The number of hydrogen-bond acceptors (Lipinski definition) is 5. The number of rotatable bonds is 6. The molecule has 7 heteroatoms. The molecule has 0 saturated carbocycles.